The number of quaternary nitrogens is 1. The largest absolute Gasteiger partial charge is 0.547 e. The normalized spacial score (nSPS) is 9.31. The van der Waals surface area contributed by atoms with Crippen molar-refractivity contribution in [1.82, 2.24) is 0 Å². The standard InChI is InChI=1S/C5H14NO.C2H3FO2.BrH/c1-6(2,3)4-5-7;3-1-2(4)5;/h7H,4-5H2,1-3H3;1H2,(H,4,5);1H/q+1;;/p-1. The van der Waals surface area contributed by atoms with Crippen molar-refractivity contribution in [3.63, 3.8) is 0 Å². The summed E-state index contributed by atoms with van der Waals surface area (Å²) < 4.78 is 11.3. The summed E-state index contributed by atoms with van der Waals surface area (Å²) >= 11 is 0. The second-order valence-electron chi connectivity index (χ2n) is 3.24. The molecule has 0 spiro atoms. The van der Waals surface area contributed by atoms with Crippen LogP contribution in [0.3, 0.4) is 0 Å². The number of likely N-dealkylation sites (N-methyl/N-ethyl adjacent to an activating group) is 1. The third-order valence-corrected chi connectivity index (χ3v) is 0.880. The first kappa shape index (κ1) is 18.6. The van der Waals surface area contributed by atoms with Crippen molar-refractivity contribution >= 4 is 23.0 Å². The molecule has 82 valence electrons. The fourth-order valence-corrected chi connectivity index (χ4v) is 0.300. The van der Waals surface area contributed by atoms with Crippen LogP contribution in [-0.2, 0) is 4.79 Å². The number of hydrogen-bond donors (Lipinski definition) is 1. The zero-order chi connectivity index (χ0) is 10.2. The van der Waals surface area contributed by atoms with Gasteiger partial charge in [-0.3, -0.25) is 0 Å². The zero-order valence-corrected chi connectivity index (χ0v) is 9.83. The van der Waals surface area contributed by atoms with Crippen molar-refractivity contribution in [2.75, 3.05) is 41.0 Å². The molecule has 0 aromatic carbocycles. The maximum Gasteiger partial charge on any atom is 0.129 e. The van der Waals surface area contributed by atoms with Gasteiger partial charge in [0.1, 0.15) is 13.2 Å². The average Bonchev–Trinajstić information content (AvgIpc) is 1.86. The molecule has 0 aromatic heterocycles. The van der Waals surface area contributed by atoms with E-state index in [4.69, 9.17) is 15.0 Å². The average molecular weight is 262 g/mol. The minimum absolute atomic E-state index is 0. The Bertz CT molecular complexity index is 127. The minimum Gasteiger partial charge on any atom is -0.547 e. The summed E-state index contributed by atoms with van der Waals surface area (Å²) in [6.07, 6.45) is 0. The second-order valence-corrected chi connectivity index (χ2v) is 3.24. The molecule has 0 aliphatic rings. The SMILES string of the molecule is Br.C[N+](C)(C)CCO.O=C([O-])CF. The highest BCUT2D eigenvalue weighted by atomic mass is 79.9. The molecule has 0 bridgehead atoms. The number of carbonyl (C=O) groups excluding carboxylic acids is 1. The Morgan fingerprint density at radius 3 is 1.77 bits per heavy atom. The lowest BCUT2D eigenvalue weighted by Gasteiger charge is -2.21. The molecule has 0 rings (SSSR count). The molecule has 0 radical (unpaired) electrons. The van der Waals surface area contributed by atoms with Crippen LogP contribution in [0, 0.1) is 0 Å². The molecule has 1 N–H and O–H groups in total. The van der Waals surface area contributed by atoms with Gasteiger partial charge in [-0.05, 0) is 0 Å². The number of carboxylic acids is 1. The van der Waals surface area contributed by atoms with Gasteiger partial charge in [-0.1, -0.05) is 0 Å². The van der Waals surface area contributed by atoms with Crippen molar-refractivity contribution in [2.24, 2.45) is 0 Å². The molecule has 13 heavy (non-hydrogen) atoms. The first-order chi connectivity index (χ1) is 5.33. The lowest BCUT2D eigenvalue weighted by atomic mass is 10.5. The van der Waals surface area contributed by atoms with Gasteiger partial charge < -0.3 is 19.5 Å². The number of alkyl halides is 1. The number of aliphatic carboxylic acids is 1. The molecular weight excluding hydrogens is 245 g/mol. The minimum atomic E-state index is -1.66. The Morgan fingerprint density at radius 2 is 1.77 bits per heavy atom. The fourth-order valence-electron chi connectivity index (χ4n) is 0.300. The monoisotopic (exact) mass is 261 g/mol. The number of nitrogens with zero attached hydrogens (tertiary/aromatic N) is 1. The fraction of sp³-hybridized carbons (Fsp3) is 0.857. The van der Waals surface area contributed by atoms with Crippen LogP contribution >= 0.6 is 17.0 Å². The Kier molecular flexibility index (Phi) is 14.1. The summed E-state index contributed by atoms with van der Waals surface area (Å²) in [6, 6.07) is 0. The molecule has 0 saturated heterocycles. The lowest BCUT2D eigenvalue weighted by molar-refractivity contribution is -0.870. The van der Waals surface area contributed by atoms with Gasteiger partial charge in [-0.2, -0.15) is 0 Å². The van der Waals surface area contributed by atoms with Crippen LogP contribution in [0.15, 0.2) is 0 Å². The van der Waals surface area contributed by atoms with E-state index in [1.165, 1.54) is 0 Å². The molecule has 0 aliphatic carbocycles. The van der Waals surface area contributed by atoms with E-state index in [1.54, 1.807) is 0 Å². The van der Waals surface area contributed by atoms with Crippen LogP contribution < -0.4 is 5.11 Å². The molecule has 0 fully saturated rings. The highest BCUT2D eigenvalue weighted by molar-refractivity contribution is 8.93. The summed E-state index contributed by atoms with van der Waals surface area (Å²) in [5.74, 6) is -1.66. The zero-order valence-electron chi connectivity index (χ0n) is 8.12. The third-order valence-electron chi connectivity index (χ3n) is 0.880. The van der Waals surface area contributed by atoms with Gasteiger partial charge >= 0.3 is 0 Å². The predicted octanol–water partition coefficient (Wildman–Crippen LogP) is -1.03. The molecule has 0 atom stereocenters. The van der Waals surface area contributed by atoms with Crippen LogP contribution in [0.5, 0.6) is 0 Å². The molecule has 0 amide bonds. The number of aliphatic hydroxyl groups excluding tert-OH is 1. The van der Waals surface area contributed by atoms with E-state index < -0.39 is 12.6 Å². The maximum atomic E-state index is 10.5. The van der Waals surface area contributed by atoms with E-state index in [0.29, 0.717) is 0 Å². The summed E-state index contributed by atoms with van der Waals surface area (Å²) in [5.41, 5.74) is 0. The highest BCUT2D eigenvalue weighted by Crippen LogP contribution is 1.84. The van der Waals surface area contributed by atoms with Gasteiger partial charge in [-0.15, -0.1) is 17.0 Å². The van der Waals surface area contributed by atoms with Crippen LogP contribution in [0.2, 0.25) is 0 Å². The van der Waals surface area contributed by atoms with E-state index in [9.17, 15) is 4.39 Å². The molecule has 0 unspecified atom stereocenters. The van der Waals surface area contributed by atoms with E-state index >= 15 is 0 Å². The molecule has 0 aliphatic heterocycles. The summed E-state index contributed by atoms with van der Waals surface area (Å²) in [4.78, 5) is 8.88. The van der Waals surface area contributed by atoms with E-state index in [2.05, 4.69) is 21.1 Å². The molecular formula is C7H17BrFNO3. The Balaban J connectivity index is -0.000000150. The first-order valence-electron chi connectivity index (χ1n) is 3.50. The Hall–Kier alpha value is -0.200. The quantitative estimate of drug-likeness (QED) is 0.661. The molecule has 0 saturated carbocycles. The summed E-state index contributed by atoms with van der Waals surface area (Å²) in [7, 11) is 6.16. The molecule has 4 nitrogen and oxygen atoms in total. The number of carboxylic acid groups (broad SMARTS) is 1. The Morgan fingerprint density at radius 1 is 1.46 bits per heavy atom. The first-order valence-corrected chi connectivity index (χ1v) is 3.50. The summed E-state index contributed by atoms with van der Waals surface area (Å²) in [6.45, 7) is -0.274. The maximum absolute atomic E-state index is 10.5. The van der Waals surface area contributed by atoms with Gasteiger partial charge in [0.15, 0.2) is 0 Å². The molecule has 0 heterocycles. The smallest absolute Gasteiger partial charge is 0.129 e. The third kappa shape index (κ3) is 33.7. The van der Waals surface area contributed by atoms with Gasteiger partial charge in [0.25, 0.3) is 0 Å². The van der Waals surface area contributed by atoms with Crippen LogP contribution in [-0.4, -0.2) is 56.5 Å². The Labute approximate surface area is 88.3 Å². The predicted molar refractivity (Wildman–Crippen MR) is 51.3 cm³/mol. The van der Waals surface area contributed by atoms with Gasteiger partial charge in [-0.25, -0.2) is 4.39 Å². The number of rotatable bonds is 3. The number of carbonyl (C=O) groups is 1. The van der Waals surface area contributed by atoms with Gasteiger partial charge in [0.2, 0.25) is 0 Å². The number of halogens is 2. The van der Waals surface area contributed by atoms with Gasteiger partial charge in [0.05, 0.1) is 33.7 Å². The van der Waals surface area contributed by atoms with Crippen molar-refractivity contribution < 1.29 is 23.9 Å². The van der Waals surface area contributed by atoms with E-state index in [1.807, 2.05) is 0 Å². The van der Waals surface area contributed by atoms with Crippen LogP contribution in [0.4, 0.5) is 4.39 Å². The number of aliphatic hydroxyl groups is 1. The van der Waals surface area contributed by atoms with Crippen LogP contribution in [0.1, 0.15) is 0 Å². The van der Waals surface area contributed by atoms with Crippen LogP contribution in [0.25, 0.3) is 0 Å². The highest BCUT2D eigenvalue weighted by Gasteiger charge is 2.02. The van der Waals surface area contributed by atoms with E-state index in [0.717, 1.165) is 11.0 Å². The van der Waals surface area contributed by atoms with Gasteiger partial charge in [0, 0.05) is 0 Å². The second kappa shape index (κ2) is 9.88. The summed E-state index contributed by atoms with van der Waals surface area (Å²) in [5, 5.41) is 17.3. The van der Waals surface area contributed by atoms with Crippen molar-refractivity contribution in [1.29, 1.82) is 0 Å². The topological polar surface area (TPSA) is 60.4 Å². The molecule has 6 heteroatoms. The van der Waals surface area contributed by atoms with Crippen molar-refractivity contribution in [3.8, 4) is 0 Å². The molecule has 0 aromatic rings. The number of hydrogen-bond acceptors (Lipinski definition) is 3. The van der Waals surface area contributed by atoms with E-state index in [-0.39, 0.29) is 23.6 Å². The lowest BCUT2D eigenvalue weighted by Crippen LogP contribution is -2.36. The van der Waals surface area contributed by atoms with Crippen molar-refractivity contribution in [3.05, 3.63) is 0 Å². The van der Waals surface area contributed by atoms with Crippen molar-refractivity contribution in [2.45, 2.75) is 0 Å².